The van der Waals surface area contributed by atoms with Crippen LogP contribution in [0.25, 0.3) is 0 Å². The van der Waals surface area contributed by atoms with Gasteiger partial charge in [-0.15, -0.1) is 11.3 Å². The van der Waals surface area contributed by atoms with Gasteiger partial charge in [0.2, 0.25) is 0 Å². The molecular weight excluding hydrogens is 254 g/mol. The van der Waals surface area contributed by atoms with E-state index < -0.39 is 0 Å². The zero-order valence-electron chi connectivity index (χ0n) is 11.9. The number of piperazine rings is 1. The van der Waals surface area contributed by atoms with Crippen LogP contribution < -0.4 is 5.32 Å². The summed E-state index contributed by atoms with van der Waals surface area (Å²) in [6.07, 6.45) is 8.16. The zero-order chi connectivity index (χ0) is 13.1. The Hall–Kier alpha value is -0.450. The summed E-state index contributed by atoms with van der Waals surface area (Å²) >= 11 is 1.71. The molecule has 1 atom stereocenters. The predicted octanol–water partition coefficient (Wildman–Crippen LogP) is 3.03. The van der Waals surface area contributed by atoms with Gasteiger partial charge in [-0.3, -0.25) is 4.90 Å². The third-order valence-corrected chi connectivity index (χ3v) is 5.50. The van der Waals surface area contributed by atoms with Gasteiger partial charge in [-0.1, -0.05) is 26.2 Å². The van der Waals surface area contributed by atoms with Crippen LogP contribution in [-0.4, -0.2) is 34.6 Å². The summed E-state index contributed by atoms with van der Waals surface area (Å²) in [5, 5.41) is 6.08. The lowest BCUT2D eigenvalue weighted by molar-refractivity contribution is 0.0477. The fourth-order valence-corrected chi connectivity index (χ4v) is 4.26. The van der Waals surface area contributed by atoms with E-state index in [0.29, 0.717) is 11.6 Å². The summed E-state index contributed by atoms with van der Waals surface area (Å²) < 4.78 is 0. The van der Waals surface area contributed by atoms with Gasteiger partial charge in [-0.05, 0) is 19.3 Å². The van der Waals surface area contributed by atoms with E-state index >= 15 is 0 Å². The monoisotopic (exact) mass is 279 g/mol. The van der Waals surface area contributed by atoms with Crippen LogP contribution in [-0.2, 0) is 6.54 Å². The van der Waals surface area contributed by atoms with Gasteiger partial charge in [-0.25, -0.2) is 4.98 Å². The fourth-order valence-electron chi connectivity index (χ4n) is 3.71. The van der Waals surface area contributed by atoms with Gasteiger partial charge >= 0.3 is 0 Å². The van der Waals surface area contributed by atoms with Gasteiger partial charge in [0, 0.05) is 36.6 Å². The first-order valence-electron chi connectivity index (χ1n) is 7.67. The maximum atomic E-state index is 4.47. The van der Waals surface area contributed by atoms with Crippen molar-refractivity contribution in [1.29, 1.82) is 0 Å². The van der Waals surface area contributed by atoms with Gasteiger partial charge in [0.15, 0.2) is 0 Å². The molecule has 2 aliphatic rings. The molecule has 19 heavy (non-hydrogen) atoms. The smallest absolute Gasteiger partial charge is 0.0795 e. The second-order valence-corrected chi connectivity index (χ2v) is 6.89. The Kier molecular flexibility index (Phi) is 4.20. The van der Waals surface area contributed by atoms with Crippen molar-refractivity contribution in [3.05, 3.63) is 16.6 Å². The highest BCUT2D eigenvalue weighted by molar-refractivity contribution is 7.07. The molecule has 0 bridgehead atoms. The number of rotatable bonds is 3. The van der Waals surface area contributed by atoms with Crippen molar-refractivity contribution in [1.82, 2.24) is 15.2 Å². The molecule has 1 spiro atoms. The number of hydrogen-bond donors (Lipinski definition) is 1. The SMILES string of the molecule is CCC1CNC2(CCCCC2)CN1Cc1cscn1. The highest BCUT2D eigenvalue weighted by Gasteiger charge is 2.39. The topological polar surface area (TPSA) is 28.2 Å². The Labute approximate surface area is 120 Å². The molecule has 3 nitrogen and oxygen atoms in total. The molecule has 4 heteroatoms. The standard InChI is InChI=1S/C15H25N3S/c1-2-14-8-17-15(6-4-3-5-7-15)11-18(14)9-13-10-19-12-16-13/h10,12,14,17H,2-9,11H2,1H3. The third kappa shape index (κ3) is 3.01. The van der Waals surface area contributed by atoms with E-state index in [2.05, 4.69) is 27.5 Å². The molecule has 1 saturated carbocycles. The minimum Gasteiger partial charge on any atom is -0.308 e. The fraction of sp³-hybridized carbons (Fsp3) is 0.800. The van der Waals surface area contributed by atoms with Crippen LogP contribution in [0.3, 0.4) is 0 Å². The minimum atomic E-state index is 0.403. The molecule has 1 saturated heterocycles. The third-order valence-electron chi connectivity index (χ3n) is 4.87. The van der Waals surface area contributed by atoms with Crippen LogP contribution in [0, 0.1) is 0 Å². The van der Waals surface area contributed by atoms with E-state index in [9.17, 15) is 0 Å². The maximum Gasteiger partial charge on any atom is 0.0795 e. The molecular formula is C15H25N3S. The van der Waals surface area contributed by atoms with Gasteiger partial charge in [0.1, 0.15) is 0 Å². The lowest BCUT2D eigenvalue weighted by Gasteiger charge is -2.49. The lowest BCUT2D eigenvalue weighted by Crippen LogP contribution is -2.64. The van der Waals surface area contributed by atoms with Crippen molar-refractivity contribution >= 4 is 11.3 Å². The van der Waals surface area contributed by atoms with Crippen molar-refractivity contribution < 1.29 is 0 Å². The summed E-state index contributed by atoms with van der Waals surface area (Å²) in [5.74, 6) is 0. The Balaban J connectivity index is 1.70. The molecule has 1 aromatic heterocycles. The maximum absolute atomic E-state index is 4.47. The van der Waals surface area contributed by atoms with Crippen molar-refractivity contribution in [2.75, 3.05) is 13.1 Å². The number of nitrogens with zero attached hydrogens (tertiary/aromatic N) is 2. The predicted molar refractivity (Wildman–Crippen MR) is 80.4 cm³/mol. The van der Waals surface area contributed by atoms with Gasteiger partial charge in [-0.2, -0.15) is 0 Å². The number of aromatic nitrogens is 1. The van der Waals surface area contributed by atoms with E-state index in [1.807, 2.05) is 5.51 Å². The molecule has 3 rings (SSSR count). The minimum absolute atomic E-state index is 0.403. The summed E-state index contributed by atoms with van der Waals surface area (Å²) in [6.45, 7) is 5.70. The molecule has 1 aromatic rings. The quantitative estimate of drug-likeness (QED) is 0.922. The molecule has 106 valence electrons. The van der Waals surface area contributed by atoms with Gasteiger partial charge in [0.05, 0.1) is 11.2 Å². The number of thiazole rings is 1. The van der Waals surface area contributed by atoms with Crippen molar-refractivity contribution in [2.24, 2.45) is 0 Å². The van der Waals surface area contributed by atoms with Crippen molar-refractivity contribution in [2.45, 2.75) is 63.6 Å². The molecule has 0 aromatic carbocycles. The number of nitrogens with one attached hydrogen (secondary N) is 1. The lowest BCUT2D eigenvalue weighted by atomic mass is 9.79. The largest absolute Gasteiger partial charge is 0.308 e. The van der Waals surface area contributed by atoms with Crippen LogP contribution in [0.2, 0.25) is 0 Å². The molecule has 1 aliphatic heterocycles. The van der Waals surface area contributed by atoms with Crippen LogP contribution in [0.1, 0.15) is 51.1 Å². The van der Waals surface area contributed by atoms with E-state index in [1.54, 1.807) is 11.3 Å². The normalized spacial score (nSPS) is 27.7. The number of hydrogen-bond acceptors (Lipinski definition) is 4. The Bertz CT molecular complexity index is 384. The Morgan fingerprint density at radius 1 is 1.42 bits per heavy atom. The van der Waals surface area contributed by atoms with Crippen LogP contribution in [0.15, 0.2) is 10.9 Å². The summed E-state index contributed by atoms with van der Waals surface area (Å²) in [4.78, 5) is 7.15. The molecule has 2 fully saturated rings. The highest BCUT2D eigenvalue weighted by Crippen LogP contribution is 2.32. The molecule has 0 amide bonds. The van der Waals surface area contributed by atoms with E-state index in [0.717, 1.165) is 13.1 Å². The average Bonchev–Trinajstić information content (AvgIpc) is 2.93. The van der Waals surface area contributed by atoms with Crippen molar-refractivity contribution in [3.8, 4) is 0 Å². The summed E-state index contributed by atoms with van der Waals surface area (Å²) in [5.41, 5.74) is 3.60. The van der Waals surface area contributed by atoms with Crippen molar-refractivity contribution in [3.63, 3.8) is 0 Å². The zero-order valence-corrected chi connectivity index (χ0v) is 12.7. The van der Waals surface area contributed by atoms with Crippen LogP contribution >= 0.6 is 11.3 Å². The Morgan fingerprint density at radius 3 is 2.95 bits per heavy atom. The molecule has 0 radical (unpaired) electrons. The molecule has 1 N–H and O–H groups in total. The summed E-state index contributed by atoms with van der Waals surface area (Å²) in [7, 11) is 0. The van der Waals surface area contributed by atoms with E-state index in [-0.39, 0.29) is 0 Å². The average molecular weight is 279 g/mol. The van der Waals surface area contributed by atoms with Crippen LogP contribution in [0.4, 0.5) is 0 Å². The van der Waals surface area contributed by atoms with E-state index in [4.69, 9.17) is 0 Å². The first-order chi connectivity index (χ1) is 9.31. The van der Waals surface area contributed by atoms with E-state index in [1.165, 1.54) is 50.8 Å². The van der Waals surface area contributed by atoms with Gasteiger partial charge in [0.25, 0.3) is 0 Å². The molecule has 1 aliphatic carbocycles. The first-order valence-corrected chi connectivity index (χ1v) is 8.62. The first kappa shape index (κ1) is 13.5. The molecule has 1 unspecified atom stereocenters. The summed E-state index contributed by atoms with van der Waals surface area (Å²) in [6, 6.07) is 0.675. The Morgan fingerprint density at radius 2 is 2.26 bits per heavy atom. The second kappa shape index (κ2) is 5.90. The highest BCUT2D eigenvalue weighted by atomic mass is 32.1. The molecule has 2 heterocycles. The van der Waals surface area contributed by atoms with Crippen LogP contribution in [0.5, 0.6) is 0 Å². The second-order valence-electron chi connectivity index (χ2n) is 6.17. The van der Waals surface area contributed by atoms with Gasteiger partial charge < -0.3 is 5.32 Å².